The largest absolute Gasteiger partial charge is 0.371 e. The van der Waals surface area contributed by atoms with Gasteiger partial charge in [-0.15, -0.1) is 23.1 Å². The van der Waals surface area contributed by atoms with Gasteiger partial charge in [0.05, 0.1) is 5.56 Å². The number of anilines is 2. The molecule has 5 nitrogen and oxygen atoms in total. The first-order valence-electron chi connectivity index (χ1n) is 11.8. The van der Waals surface area contributed by atoms with E-state index in [1.54, 1.807) is 23.1 Å². The van der Waals surface area contributed by atoms with Crippen molar-refractivity contribution in [1.29, 1.82) is 0 Å². The van der Waals surface area contributed by atoms with Crippen molar-refractivity contribution in [2.75, 3.05) is 23.3 Å². The zero-order chi connectivity index (χ0) is 23.8. The SMILES string of the molecule is CCCC(NC(=O)c1ccccc1SCc1cccs1)C(=O)Nc1cccc(N2CCCC2)c1. The van der Waals surface area contributed by atoms with Crippen molar-refractivity contribution in [1.82, 2.24) is 5.32 Å². The highest BCUT2D eigenvalue weighted by Gasteiger charge is 2.23. The van der Waals surface area contributed by atoms with E-state index in [1.165, 1.54) is 17.7 Å². The highest BCUT2D eigenvalue weighted by Crippen LogP contribution is 2.28. The first-order chi connectivity index (χ1) is 16.6. The molecule has 2 amide bonds. The van der Waals surface area contributed by atoms with Gasteiger partial charge in [0.25, 0.3) is 5.91 Å². The molecule has 1 aromatic heterocycles. The number of hydrogen-bond acceptors (Lipinski definition) is 5. The van der Waals surface area contributed by atoms with E-state index in [0.29, 0.717) is 12.0 Å². The molecule has 34 heavy (non-hydrogen) atoms. The van der Waals surface area contributed by atoms with E-state index in [-0.39, 0.29) is 11.8 Å². The van der Waals surface area contributed by atoms with E-state index in [0.717, 1.165) is 41.5 Å². The Kier molecular flexibility index (Phi) is 8.66. The molecule has 1 aliphatic rings. The molecule has 1 aliphatic heterocycles. The van der Waals surface area contributed by atoms with Crippen LogP contribution in [0.2, 0.25) is 0 Å². The Bertz CT molecular complexity index is 1090. The molecule has 0 aliphatic carbocycles. The van der Waals surface area contributed by atoms with Crippen LogP contribution in [0.3, 0.4) is 0 Å². The summed E-state index contributed by atoms with van der Waals surface area (Å²) in [6.45, 7) is 4.12. The number of rotatable bonds is 10. The monoisotopic (exact) mass is 493 g/mol. The number of thiophene rings is 1. The summed E-state index contributed by atoms with van der Waals surface area (Å²) in [7, 11) is 0. The Balaban J connectivity index is 1.42. The summed E-state index contributed by atoms with van der Waals surface area (Å²) < 4.78 is 0. The van der Waals surface area contributed by atoms with Gasteiger partial charge in [-0.05, 0) is 61.0 Å². The highest BCUT2D eigenvalue weighted by molar-refractivity contribution is 7.98. The molecule has 0 radical (unpaired) electrons. The maximum Gasteiger partial charge on any atom is 0.253 e. The fraction of sp³-hybridized carbons (Fsp3) is 0.333. The number of hydrogen-bond donors (Lipinski definition) is 2. The quantitative estimate of drug-likeness (QED) is 0.331. The van der Waals surface area contributed by atoms with E-state index in [9.17, 15) is 9.59 Å². The van der Waals surface area contributed by atoms with Crippen molar-refractivity contribution in [2.45, 2.75) is 49.3 Å². The molecule has 178 valence electrons. The molecule has 4 rings (SSSR count). The molecule has 1 unspecified atom stereocenters. The first kappa shape index (κ1) is 24.4. The van der Waals surface area contributed by atoms with Gasteiger partial charge in [-0.3, -0.25) is 9.59 Å². The third kappa shape index (κ3) is 6.42. The molecule has 3 aromatic rings. The number of carbonyl (C=O) groups is 2. The van der Waals surface area contributed by atoms with Crippen LogP contribution < -0.4 is 15.5 Å². The van der Waals surface area contributed by atoms with Crippen LogP contribution in [0.1, 0.15) is 47.8 Å². The van der Waals surface area contributed by atoms with Crippen LogP contribution >= 0.6 is 23.1 Å². The predicted molar refractivity (Wildman–Crippen MR) is 143 cm³/mol. The maximum absolute atomic E-state index is 13.2. The zero-order valence-corrected chi connectivity index (χ0v) is 21.1. The van der Waals surface area contributed by atoms with E-state index >= 15 is 0 Å². The second-order valence-electron chi connectivity index (χ2n) is 8.41. The molecule has 0 spiro atoms. The predicted octanol–water partition coefficient (Wildman–Crippen LogP) is 6.18. The summed E-state index contributed by atoms with van der Waals surface area (Å²) in [6, 6.07) is 19.1. The van der Waals surface area contributed by atoms with Crippen LogP contribution in [0.5, 0.6) is 0 Å². The lowest BCUT2D eigenvalue weighted by molar-refractivity contribution is -0.118. The number of thioether (sulfide) groups is 1. The summed E-state index contributed by atoms with van der Waals surface area (Å²) in [5.41, 5.74) is 2.49. The van der Waals surface area contributed by atoms with Crippen molar-refractivity contribution in [3.8, 4) is 0 Å². The highest BCUT2D eigenvalue weighted by atomic mass is 32.2. The molecule has 2 heterocycles. The van der Waals surface area contributed by atoms with Gasteiger partial charge in [0, 0.05) is 40.0 Å². The molecule has 1 fully saturated rings. The summed E-state index contributed by atoms with van der Waals surface area (Å²) in [6.07, 6.45) is 3.78. The Morgan fingerprint density at radius 2 is 1.88 bits per heavy atom. The lowest BCUT2D eigenvalue weighted by atomic mass is 10.1. The number of benzene rings is 2. The second kappa shape index (κ2) is 12.1. The van der Waals surface area contributed by atoms with Crippen molar-refractivity contribution >= 4 is 46.3 Å². The molecule has 2 aromatic carbocycles. The summed E-state index contributed by atoms with van der Waals surface area (Å²) in [5.74, 6) is 0.417. The van der Waals surface area contributed by atoms with Crippen molar-refractivity contribution in [2.24, 2.45) is 0 Å². The number of nitrogens with zero attached hydrogens (tertiary/aromatic N) is 1. The average molecular weight is 494 g/mol. The number of carbonyl (C=O) groups excluding carboxylic acids is 2. The summed E-state index contributed by atoms with van der Waals surface area (Å²) in [4.78, 5) is 30.8. The Morgan fingerprint density at radius 1 is 1.06 bits per heavy atom. The average Bonchev–Trinajstić information content (AvgIpc) is 3.57. The molecule has 0 bridgehead atoms. The minimum absolute atomic E-state index is 0.183. The van der Waals surface area contributed by atoms with Gasteiger partial charge in [-0.2, -0.15) is 0 Å². The lowest BCUT2D eigenvalue weighted by Crippen LogP contribution is -2.43. The van der Waals surface area contributed by atoms with E-state index in [1.807, 2.05) is 55.5 Å². The first-order valence-corrected chi connectivity index (χ1v) is 13.7. The van der Waals surface area contributed by atoms with Gasteiger partial charge in [0.15, 0.2) is 0 Å². The van der Waals surface area contributed by atoms with Gasteiger partial charge in [0.2, 0.25) is 5.91 Å². The standard InChI is InChI=1S/C27H31N3O2S2/c1-2-9-24(27(32)28-20-10-7-11-21(18-20)30-15-5-6-16-30)29-26(31)23-13-3-4-14-25(23)34-19-22-12-8-17-33-22/h3-4,7-8,10-14,17-18,24H,2,5-6,9,15-16,19H2,1H3,(H,28,32)(H,29,31). The second-order valence-corrected chi connectivity index (χ2v) is 10.5. The van der Waals surface area contributed by atoms with Gasteiger partial charge in [-0.1, -0.05) is 37.6 Å². The molecular weight excluding hydrogens is 462 g/mol. The van der Waals surface area contributed by atoms with Crippen LogP contribution in [0.15, 0.2) is 70.9 Å². The molecule has 2 N–H and O–H groups in total. The Labute approximate surface area is 210 Å². The van der Waals surface area contributed by atoms with Crippen LogP contribution in [-0.2, 0) is 10.5 Å². The number of nitrogens with one attached hydrogen (secondary N) is 2. The van der Waals surface area contributed by atoms with E-state index in [4.69, 9.17) is 0 Å². The van der Waals surface area contributed by atoms with Gasteiger partial charge < -0.3 is 15.5 Å². The third-order valence-electron chi connectivity index (χ3n) is 5.87. The van der Waals surface area contributed by atoms with Gasteiger partial charge >= 0.3 is 0 Å². The zero-order valence-electron chi connectivity index (χ0n) is 19.5. The summed E-state index contributed by atoms with van der Waals surface area (Å²) in [5, 5.41) is 8.07. The van der Waals surface area contributed by atoms with E-state index in [2.05, 4.69) is 33.0 Å². The Hall–Kier alpha value is -2.77. The molecule has 1 atom stereocenters. The minimum atomic E-state index is -0.594. The van der Waals surface area contributed by atoms with Crippen molar-refractivity contribution in [3.63, 3.8) is 0 Å². The van der Waals surface area contributed by atoms with Crippen molar-refractivity contribution < 1.29 is 9.59 Å². The van der Waals surface area contributed by atoms with Crippen LogP contribution in [0.25, 0.3) is 0 Å². The molecule has 0 saturated carbocycles. The molecular formula is C27H31N3O2S2. The van der Waals surface area contributed by atoms with Crippen LogP contribution in [0.4, 0.5) is 11.4 Å². The van der Waals surface area contributed by atoms with Crippen LogP contribution in [0, 0.1) is 0 Å². The maximum atomic E-state index is 13.2. The number of amides is 2. The minimum Gasteiger partial charge on any atom is -0.371 e. The van der Waals surface area contributed by atoms with Gasteiger partial charge in [0.1, 0.15) is 6.04 Å². The Morgan fingerprint density at radius 3 is 2.65 bits per heavy atom. The van der Waals surface area contributed by atoms with E-state index < -0.39 is 6.04 Å². The normalized spacial score (nSPS) is 14.1. The van der Waals surface area contributed by atoms with Crippen molar-refractivity contribution in [3.05, 3.63) is 76.5 Å². The third-order valence-corrected chi connectivity index (χ3v) is 8.05. The van der Waals surface area contributed by atoms with Gasteiger partial charge in [-0.25, -0.2) is 0 Å². The fourth-order valence-electron chi connectivity index (χ4n) is 4.10. The van der Waals surface area contributed by atoms with Crippen LogP contribution in [-0.4, -0.2) is 30.9 Å². The summed E-state index contributed by atoms with van der Waals surface area (Å²) >= 11 is 3.35. The smallest absolute Gasteiger partial charge is 0.253 e. The molecule has 7 heteroatoms. The topological polar surface area (TPSA) is 61.4 Å². The fourth-order valence-corrected chi connectivity index (χ4v) is 5.93. The molecule has 1 saturated heterocycles. The lowest BCUT2D eigenvalue weighted by Gasteiger charge is -2.21.